The summed E-state index contributed by atoms with van der Waals surface area (Å²) in [6.07, 6.45) is 2.24. The molecule has 0 atom stereocenters. The van der Waals surface area contributed by atoms with Gasteiger partial charge in [-0.3, -0.25) is 0 Å². The van der Waals surface area contributed by atoms with Gasteiger partial charge in [-0.25, -0.2) is 5.90 Å². The first kappa shape index (κ1) is 10.9. The first-order valence-electron chi connectivity index (χ1n) is 4.08. The van der Waals surface area contributed by atoms with Crippen LogP contribution in [0.5, 0.6) is 0 Å². The molecule has 0 aromatic carbocycles. The van der Waals surface area contributed by atoms with Crippen LogP contribution in [-0.2, 0) is 9.57 Å². The van der Waals surface area contributed by atoms with Crippen LogP contribution in [0.1, 0.15) is 33.6 Å². The number of unbranched alkanes of at least 4 members (excludes halogenated alkanes) is 1. The first-order valence-corrected chi connectivity index (χ1v) is 4.08. The van der Waals surface area contributed by atoms with Gasteiger partial charge in [-0.1, -0.05) is 13.3 Å². The first-order chi connectivity index (χ1) is 5.12. The molecule has 0 fully saturated rings. The number of ether oxygens (including phenoxy) is 1. The molecular weight excluding hydrogens is 142 g/mol. The fraction of sp³-hybridized carbons (Fsp3) is 1.00. The van der Waals surface area contributed by atoms with Gasteiger partial charge in [-0.2, -0.15) is 0 Å². The molecule has 0 aliphatic carbocycles. The van der Waals surface area contributed by atoms with E-state index in [9.17, 15) is 0 Å². The van der Waals surface area contributed by atoms with Crippen LogP contribution in [0, 0.1) is 0 Å². The van der Waals surface area contributed by atoms with E-state index in [1.54, 1.807) is 0 Å². The molecule has 0 aromatic rings. The smallest absolute Gasteiger partial charge is 0.0963 e. The molecule has 2 N–H and O–H groups in total. The number of hydrogen-bond donors (Lipinski definition) is 1. The Kier molecular flexibility index (Phi) is 5.46. The monoisotopic (exact) mass is 161 g/mol. The van der Waals surface area contributed by atoms with E-state index in [4.69, 9.17) is 10.6 Å². The molecule has 0 spiro atoms. The van der Waals surface area contributed by atoms with E-state index >= 15 is 0 Å². The lowest BCUT2D eigenvalue weighted by molar-refractivity contribution is -0.0765. The third-order valence-corrected chi connectivity index (χ3v) is 1.42. The fourth-order valence-electron chi connectivity index (χ4n) is 0.735. The van der Waals surface area contributed by atoms with Crippen LogP contribution >= 0.6 is 0 Å². The molecule has 0 bridgehead atoms. The van der Waals surface area contributed by atoms with Crippen LogP contribution < -0.4 is 5.90 Å². The van der Waals surface area contributed by atoms with Gasteiger partial charge < -0.3 is 9.57 Å². The van der Waals surface area contributed by atoms with Gasteiger partial charge in [-0.15, -0.1) is 0 Å². The van der Waals surface area contributed by atoms with E-state index < -0.39 is 0 Å². The van der Waals surface area contributed by atoms with Crippen LogP contribution in [-0.4, -0.2) is 18.8 Å². The molecule has 0 aromatic heterocycles. The maximum Gasteiger partial charge on any atom is 0.0963 e. The van der Waals surface area contributed by atoms with Crippen molar-refractivity contribution in [3.8, 4) is 0 Å². The van der Waals surface area contributed by atoms with Crippen molar-refractivity contribution in [3.63, 3.8) is 0 Å². The Hall–Kier alpha value is -0.120. The predicted molar refractivity (Wildman–Crippen MR) is 45.1 cm³/mol. The molecule has 3 heteroatoms. The summed E-state index contributed by atoms with van der Waals surface area (Å²) in [5.41, 5.74) is -0.246. The molecule has 0 saturated heterocycles. The standard InChI is InChI=1S/C8H19NO2/c1-4-5-6-10-8(2,3)7-11-9/h4-7,9H2,1-3H3. The molecule has 11 heavy (non-hydrogen) atoms. The maximum absolute atomic E-state index is 5.51. The molecule has 0 aliphatic heterocycles. The molecule has 3 nitrogen and oxygen atoms in total. The average Bonchev–Trinajstić information content (AvgIpc) is 1.87. The Morgan fingerprint density at radius 2 is 2.00 bits per heavy atom. The molecule has 0 amide bonds. The molecule has 0 rings (SSSR count). The van der Waals surface area contributed by atoms with Crippen LogP contribution in [0.4, 0.5) is 0 Å². The van der Waals surface area contributed by atoms with Crippen molar-refractivity contribution in [3.05, 3.63) is 0 Å². The Bertz CT molecular complexity index is 94.1. The number of hydrogen-bond acceptors (Lipinski definition) is 3. The SMILES string of the molecule is CCCCOC(C)(C)CON. The molecule has 0 unspecified atom stereocenters. The maximum atomic E-state index is 5.51. The third kappa shape index (κ3) is 6.28. The highest BCUT2D eigenvalue weighted by molar-refractivity contribution is 4.66. The second kappa shape index (κ2) is 5.52. The van der Waals surface area contributed by atoms with Gasteiger partial charge in [-0.05, 0) is 20.3 Å². The third-order valence-electron chi connectivity index (χ3n) is 1.42. The van der Waals surface area contributed by atoms with E-state index in [0.717, 1.165) is 19.4 Å². The quantitative estimate of drug-likeness (QED) is 0.474. The Labute approximate surface area is 68.8 Å². The molecule has 0 aliphatic rings. The minimum Gasteiger partial charge on any atom is -0.373 e. The molecule has 0 radical (unpaired) electrons. The Morgan fingerprint density at radius 1 is 1.36 bits per heavy atom. The summed E-state index contributed by atoms with van der Waals surface area (Å²) in [7, 11) is 0. The van der Waals surface area contributed by atoms with Crippen molar-refractivity contribution in [2.45, 2.75) is 39.2 Å². The minimum absolute atomic E-state index is 0.246. The lowest BCUT2D eigenvalue weighted by atomic mass is 10.1. The summed E-state index contributed by atoms with van der Waals surface area (Å²) in [6.45, 7) is 7.30. The largest absolute Gasteiger partial charge is 0.373 e. The Morgan fingerprint density at radius 3 is 2.45 bits per heavy atom. The highest BCUT2D eigenvalue weighted by atomic mass is 16.6. The van der Waals surface area contributed by atoms with Crippen molar-refractivity contribution in [1.82, 2.24) is 0 Å². The highest BCUT2D eigenvalue weighted by Crippen LogP contribution is 2.09. The van der Waals surface area contributed by atoms with Crippen molar-refractivity contribution in [2.24, 2.45) is 5.90 Å². The normalized spacial score (nSPS) is 12.0. The summed E-state index contributed by atoms with van der Waals surface area (Å²) in [4.78, 5) is 4.51. The van der Waals surface area contributed by atoms with Gasteiger partial charge in [0.25, 0.3) is 0 Å². The van der Waals surface area contributed by atoms with Crippen LogP contribution in [0.15, 0.2) is 0 Å². The van der Waals surface area contributed by atoms with E-state index in [1.807, 2.05) is 13.8 Å². The van der Waals surface area contributed by atoms with Gasteiger partial charge in [0.05, 0.1) is 12.2 Å². The summed E-state index contributed by atoms with van der Waals surface area (Å²) in [6, 6.07) is 0. The average molecular weight is 161 g/mol. The van der Waals surface area contributed by atoms with Crippen molar-refractivity contribution >= 4 is 0 Å². The lowest BCUT2D eigenvalue weighted by Gasteiger charge is -2.23. The van der Waals surface area contributed by atoms with E-state index in [1.165, 1.54) is 0 Å². The van der Waals surface area contributed by atoms with Gasteiger partial charge in [0.2, 0.25) is 0 Å². The summed E-state index contributed by atoms with van der Waals surface area (Å²) in [5, 5.41) is 0. The fourth-order valence-corrected chi connectivity index (χ4v) is 0.735. The number of rotatable bonds is 6. The zero-order valence-corrected chi connectivity index (χ0v) is 7.72. The predicted octanol–water partition coefficient (Wildman–Crippen LogP) is 1.47. The van der Waals surface area contributed by atoms with E-state index in [-0.39, 0.29) is 5.60 Å². The summed E-state index contributed by atoms with van der Waals surface area (Å²) >= 11 is 0. The summed E-state index contributed by atoms with van der Waals surface area (Å²) in [5.74, 6) is 4.94. The molecular formula is C8H19NO2. The van der Waals surface area contributed by atoms with Gasteiger partial charge in [0, 0.05) is 6.61 Å². The van der Waals surface area contributed by atoms with E-state index in [2.05, 4.69) is 11.8 Å². The van der Waals surface area contributed by atoms with Crippen LogP contribution in [0.25, 0.3) is 0 Å². The molecule has 68 valence electrons. The number of nitrogens with two attached hydrogens (primary N) is 1. The van der Waals surface area contributed by atoms with Gasteiger partial charge in [0.15, 0.2) is 0 Å². The van der Waals surface area contributed by atoms with Crippen LogP contribution in [0.3, 0.4) is 0 Å². The Balaban J connectivity index is 3.38. The second-order valence-corrected chi connectivity index (χ2v) is 3.27. The molecule has 0 heterocycles. The van der Waals surface area contributed by atoms with Gasteiger partial charge >= 0.3 is 0 Å². The van der Waals surface area contributed by atoms with Crippen LogP contribution in [0.2, 0.25) is 0 Å². The van der Waals surface area contributed by atoms with Crippen molar-refractivity contribution < 1.29 is 9.57 Å². The summed E-state index contributed by atoms with van der Waals surface area (Å²) < 4.78 is 5.51. The zero-order valence-electron chi connectivity index (χ0n) is 7.72. The highest BCUT2D eigenvalue weighted by Gasteiger charge is 2.17. The van der Waals surface area contributed by atoms with Crippen molar-refractivity contribution in [1.29, 1.82) is 0 Å². The van der Waals surface area contributed by atoms with Gasteiger partial charge in [0.1, 0.15) is 0 Å². The lowest BCUT2D eigenvalue weighted by Crippen LogP contribution is -2.32. The van der Waals surface area contributed by atoms with Crippen molar-refractivity contribution in [2.75, 3.05) is 13.2 Å². The molecule has 0 saturated carbocycles. The zero-order chi connectivity index (χ0) is 8.74. The minimum atomic E-state index is -0.246. The topological polar surface area (TPSA) is 44.5 Å². The second-order valence-electron chi connectivity index (χ2n) is 3.27. The van der Waals surface area contributed by atoms with E-state index in [0.29, 0.717) is 6.61 Å².